The average molecular weight is 318 g/mol. The molecule has 23 heavy (non-hydrogen) atoms. The summed E-state index contributed by atoms with van der Waals surface area (Å²) in [4.78, 5) is 35.3. The summed E-state index contributed by atoms with van der Waals surface area (Å²) in [7, 11) is 0. The number of carbonyl (C=O) groups excluding carboxylic acids is 2. The number of nitrogens with one attached hydrogen (secondary N) is 2. The van der Waals surface area contributed by atoms with Crippen LogP contribution < -0.4 is 10.6 Å². The minimum atomic E-state index is -1.05. The molecule has 0 aliphatic heterocycles. The van der Waals surface area contributed by atoms with Gasteiger partial charge in [-0.1, -0.05) is 20.3 Å². The third-order valence-electron chi connectivity index (χ3n) is 4.09. The Morgan fingerprint density at radius 2 is 1.65 bits per heavy atom. The summed E-state index contributed by atoms with van der Waals surface area (Å²) in [6.45, 7) is 3.66. The molecule has 0 radical (unpaired) electrons. The summed E-state index contributed by atoms with van der Waals surface area (Å²) in [5.41, 5.74) is 0.827. The molecule has 1 aliphatic rings. The monoisotopic (exact) mass is 318 g/mol. The van der Waals surface area contributed by atoms with E-state index in [0.717, 1.165) is 12.8 Å². The summed E-state index contributed by atoms with van der Waals surface area (Å²) in [5, 5.41) is 14.6. The van der Waals surface area contributed by atoms with E-state index in [0.29, 0.717) is 17.5 Å². The molecule has 0 aromatic heterocycles. The van der Waals surface area contributed by atoms with Crippen LogP contribution in [0.5, 0.6) is 0 Å². The Kier molecular flexibility index (Phi) is 5.36. The maximum atomic E-state index is 12.2. The van der Waals surface area contributed by atoms with E-state index in [1.165, 1.54) is 12.1 Å². The van der Waals surface area contributed by atoms with Gasteiger partial charge in [-0.2, -0.15) is 0 Å². The molecule has 2 unspecified atom stereocenters. The third-order valence-corrected chi connectivity index (χ3v) is 4.09. The minimum Gasteiger partial charge on any atom is -0.480 e. The Balaban J connectivity index is 2.01. The lowest BCUT2D eigenvalue weighted by molar-refractivity contribution is -0.140. The smallest absolute Gasteiger partial charge is 0.326 e. The van der Waals surface area contributed by atoms with E-state index in [-0.39, 0.29) is 17.9 Å². The van der Waals surface area contributed by atoms with Crippen molar-refractivity contribution in [1.82, 2.24) is 10.6 Å². The van der Waals surface area contributed by atoms with Crippen LogP contribution in [0, 0.1) is 5.92 Å². The van der Waals surface area contributed by atoms with Crippen molar-refractivity contribution in [1.29, 1.82) is 0 Å². The highest BCUT2D eigenvalue weighted by atomic mass is 16.4. The number of amides is 2. The Morgan fingerprint density at radius 3 is 2.09 bits per heavy atom. The van der Waals surface area contributed by atoms with Gasteiger partial charge in [0.1, 0.15) is 6.04 Å². The van der Waals surface area contributed by atoms with Crippen molar-refractivity contribution >= 4 is 17.8 Å². The number of benzene rings is 1. The van der Waals surface area contributed by atoms with Crippen molar-refractivity contribution in [2.24, 2.45) is 5.92 Å². The second kappa shape index (κ2) is 7.26. The Labute approximate surface area is 135 Å². The number of aliphatic carboxylic acids is 1. The van der Waals surface area contributed by atoms with E-state index in [1.54, 1.807) is 19.1 Å². The normalized spacial score (nSPS) is 16.3. The highest BCUT2D eigenvalue weighted by Gasteiger charge is 2.26. The van der Waals surface area contributed by atoms with Gasteiger partial charge in [-0.3, -0.25) is 9.59 Å². The van der Waals surface area contributed by atoms with E-state index in [9.17, 15) is 19.5 Å². The van der Waals surface area contributed by atoms with E-state index in [2.05, 4.69) is 10.6 Å². The van der Waals surface area contributed by atoms with Crippen LogP contribution in [0.1, 0.15) is 53.8 Å². The molecule has 1 aromatic carbocycles. The number of carboxylic acid groups (broad SMARTS) is 1. The predicted molar refractivity (Wildman–Crippen MR) is 85.3 cm³/mol. The first kappa shape index (κ1) is 17.0. The maximum absolute atomic E-state index is 12.2. The summed E-state index contributed by atoms with van der Waals surface area (Å²) < 4.78 is 0. The fourth-order valence-corrected chi connectivity index (χ4v) is 2.18. The van der Waals surface area contributed by atoms with Crippen molar-refractivity contribution in [3.63, 3.8) is 0 Å². The Morgan fingerprint density at radius 1 is 1.13 bits per heavy atom. The molecular weight excluding hydrogens is 296 g/mol. The summed E-state index contributed by atoms with van der Waals surface area (Å²) in [6, 6.07) is 5.57. The zero-order valence-electron chi connectivity index (χ0n) is 13.3. The Bertz CT molecular complexity index is 593. The number of hydrogen-bond donors (Lipinski definition) is 3. The van der Waals surface area contributed by atoms with Crippen LogP contribution in [0.4, 0.5) is 0 Å². The maximum Gasteiger partial charge on any atom is 0.326 e. The second-order valence-electron chi connectivity index (χ2n) is 6.00. The topological polar surface area (TPSA) is 95.5 Å². The van der Waals surface area contributed by atoms with Crippen LogP contribution in [0.2, 0.25) is 0 Å². The van der Waals surface area contributed by atoms with Crippen LogP contribution in [0.25, 0.3) is 0 Å². The van der Waals surface area contributed by atoms with Crippen LogP contribution >= 0.6 is 0 Å². The van der Waals surface area contributed by atoms with E-state index in [1.807, 2.05) is 6.92 Å². The molecule has 1 fully saturated rings. The fourth-order valence-electron chi connectivity index (χ4n) is 2.18. The van der Waals surface area contributed by atoms with Gasteiger partial charge in [-0.15, -0.1) is 0 Å². The quantitative estimate of drug-likeness (QED) is 0.714. The lowest BCUT2D eigenvalue weighted by Crippen LogP contribution is -2.45. The highest BCUT2D eigenvalue weighted by molar-refractivity contribution is 5.99. The highest BCUT2D eigenvalue weighted by Crippen LogP contribution is 2.19. The predicted octanol–water partition coefficient (Wildman–Crippen LogP) is 1.81. The minimum absolute atomic E-state index is 0.150. The van der Waals surface area contributed by atoms with Crippen LogP contribution in [-0.2, 0) is 4.79 Å². The standard InChI is InChI=1S/C17H22N2O4/c1-3-10(2)14(17(22)23)19-16(21)12-6-4-11(5-7-12)15(20)18-13-8-9-13/h4-7,10,13-14H,3,8-9H2,1-2H3,(H,18,20)(H,19,21)(H,22,23). The molecule has 2 amide bonds. The molecule has 1 aliphatic carbocycles. The first-order chi connectivity index (χ1) is 10.9. The van der Waals surface area contributed by atoms with Gasteiger partial charge >= 0.3 is 5.97 Å². The lowest BCUT2D eigenvalue weighted by Gasteiger charge is -2.20. The molecule has 3 N–H and O–H groups in total. The van der Waals surface area contributed by atoms with Gasteiger partial charge in [0.25, 0.3) is 11.8 Å². The van der Waals surface area contributed by atoms with Crippen molar-refractivity contribution in [3.05, 3.63) is 35.4 Å². The zero-order valence-corrected chi connectivity index (χ0v) is 13.3. The van der Waals surface area contributed by atoms with Crippen molar-refractivity contribution in [2.45, 2.75) is 45.2 Å². The molecule has 124 valence electrons. The van der Waals surface area contributed by atoms with Gasteiger partial charge in [0, 0.05) is 17.2 Å². The summed E-state index contributed by atoms with van der Waals surface area (Å²) in [5.74, 6) is -1.82. The van der Waals surface area contributed by atoms with Crippen molar-refractivity contribution in [3.8, 4) is 0 Å². The summed E-state index contributed by atoms with van der Waals surface area (Å²) >= 11 is 0. The molecule has 2 atom stereocenters. The largest absolute Gasteiger partial charge is 0.480 e. The van der Waals surface area contributed by atoms with Gasteiger partial charge in [-0.05, 0) is 43.0 Å². The van der Waals surface area contributed by atoms with Gasteiger partial charge in [0.15, 0.2) is 0 Å². The molecule has 0 spiro atoms. The first-order valence-electron chi connectivity index (χ1n) is 7.87. The Hall–Kier alpha value is -2.37. The van der Waals surface area contributed by atoms with Crippen LogP contribution in [0.15, 0.2) is 24.3 Å². The van der Waals surface area contributed by atoms with Crippen molar-refractivity contribution < 1.29 is 19.5 Å². The van der Waals surface area contributed by atoms with Gasteiger partial charge < -0.3 is 15.7 Å². The van der Waals surface area contributed by atoms with Gasteiger partial charge in [-0.25, -0.2) is 4.79 Å². The molecule has 0 saturated heterocycles. The number of carbonyl (C=O) groups is 3. The SMILES string of the molecule is CCC(C)C(NC(=O)c1ccc(C(=O)NC2CC2)cc1)C(=O)O. The third kappa shape index (κ3) is 4.55. The summed E-state index contributed by atoms with van der Waals surface area (Å²) in [6.07, 6.45) is 2.67. The number of carboxylic acids is 1. The van der Waals surface area contributed by atoms with E-state index < -0.39 is 17.9 Å². The van der Waals surface area contributed by atoms with Gasteiger partial charge in [0.05, 0.1) is 0 Å². The molecule has 0 heterocycles. The number of rotatable bonds is 7. The molecule has 0 bridgehead atoms. The zero-order chi connectivity index (χ0) is 17.0. The lowest BCUT2D eigenvalue weighted by atomic mass is 9.99. The van der Waals surface area contributed by atoms with Crippen LogP contribution in [0.3, 0.4) is 0 Å². The number of hydrogen-bond acceptors (Lipinski definition) is 3. The molecule has 1 aromatic rings. The van der Waals surface area contributed by atoms with Gasteiger partial charge in [0.2, 0.25) is 0 Å². The fraction of sp³-hybridized carbons (Fsp3) is 0.471. The second-order valence-corrected chi connectivity index (χ2v) is 6.00. The van der Waals surface area contributed by atoms with Crippen molar-refractivity contribution in [2.75, 3.05) is 0 Å². The molecule has 1 saturated carbocycles. The molecular formula is C17H22N2O4. The first-order valence-corrected chi connectivity index (χ1v) is 7.87. The van der Waals surface area contributed by atoms with E-state index in [4.69, 9.17) is 0 Å². The molecule has 6 nitrogen and oxygen atoms in total. The van der Waals surface area contributed by atoms with E-state index >= 15 is 0 Å². The van der Waals surface area contributed by atoms with Crippen LogP contribution in [-0.4, -0.2) is 35.0 Å². The molecule has 6 heteroatoms. The molecule has 2 rings (SSSR count). The average Bonchev–Trinajstić information content (AvgIpc) is 3.35.